The summed E-state index contributed by atoms with van der Waals surface area (Å²) in [7, 11) is -1.46. The van der Waals surface area contributed by atoms with Crippen LogP contribution in [0.1, 0.15) is 43.2 Å². The van der Waals surface area contributed by atoms with Gasteiger partial charge in [0.2, 0.25) is 0 Å². The van der Waals surface area contributed by atoms with Crippen molar-refractivity contribution < 1.29 is 4.42 Å². The monoisotopic (exact) mass is 741 g/mol. The molecule has 0 saturated heterocycles. The van der Waals surface area contributed by atoms with E-state index in [1.54, 1.807) is 21.6 Å². The number of para-hydroxylation sites is 1. The maximum absolute atomic E-state index is 6.39. The number of hydrogen-bond donors (Lipinski definition) is 0. The largest absolute Gasteiger partial charge is 0.456 e. The highest BCUT2D eigenvalue weighted by Gasteiger charge is 2.62. The average molecular weight is 742 g/mol. The topological polar surface area (TPSA) is 26.0 Å². The summed E-state index contributed by atoms with van der Waals surface area (Å²) in [6.07, 6.45) is 12.3. The van der Waals surface area contributed by atoms with Crippen molar-refractivity contribution in [2.45, 2.75) is 47.3 Å². The van der Waals surface area contributed by atoms with E-state index in [1.165, 1.54) is 64.8 Å². The molecule has 0 N–H and O–H groups in total. The second-order valence-electron chi connectivity index (χ2n) is 17.9. The molecule has 2 nitrogen and oxygen atoms in total. The van der Waals surface area contributed by atoms with Gasteiger partial charge in [-0.25, -0.2) is 4.98 Å². The van der Waals surface area contributed by atoms with E-state index in [0.717, 1.165) is 68.1 Å². The minimum atomic E-state index is -1.46. The van der Waals surface area contributed by atoms with Crippen molar-refractivity contribution in [2.24, 2.45) is 23.7 Å². The molecule has 4 fully saturated rings. The predicted molar refractivity (Wildman–Crippen MR) is 232 cm³/mol. The Balaban J connectivity index is 1.04. The summed E-state index contributed by atoms with van der Waals surface area (Å²) in [5, 5.41) is 2.30. The molecule has 2 aromatic heterocycles. The molecule has 5 aliphatic carbocycles. The number of benzene rings is 6. The number of furan rings is 1. The Hall–Kier alpha value is -5.38. The summed E-state index contributed by atoms with van der Waals surface area (Å²) in [6, 6.07) is 52.0. The Morgan fingerprint density at radius 2 is 1.16 bits per heavy atom. The Kier molecular flexibility index (Phi) is 6.32. The van der Waals surface area contributed by atoms with Gasteiger partial charge in [0.1, 0.15) is 11.2 Å². The number of pyridine rings is 1. The van der Waals surface area contributed by atoms with Crippen molar-refractivity contribution in [1.29, 1.82) is 0 Å². The lowest BCUT2D eigenvalue weighted by molar-refractivity contribution is -0.0399. The first-order chi connectivity index (χ1) is 27.5. The molecule has 8 aromatic rings. The van der Waals surface area contributed by atoms with Gasteiger partial charge in [-0.3, -0.25) is 0 Å². The molecule has 0 atom stereocenters. The summed E-state index contributed by atoms with van der Waals surface area (Å²) in [6.45, 7) is 0. The minimum Gasteiger partial charge on any atom is -0.456 e. The van der Waals surface area contributed by atoms with E-state index in [0.29, 0.717) is 0 Å². The predicted octanol–water partition coefficient (Wildman–Crippen LogP) is 14.2. The SMILES string of the molecule is CS1(C)c2c(-c3cc(-c4cccc5oc6ccccc6c45)cc(-c4ccccc4)n3)cccc2-c2ccc3c(c21)-c1ccccc1C31C2CC3CC(C2)CC1C3. The molecule has 3 heterocycles. The summed E-state index contributed by atoms with van der Waals surface area (Å²) in [4.78, 5) is 8.63. The van der Waals surface area contributed by atoms with Crippen LogP contribution >= 0.6 is 10.0 Å². The maximum atomic E-state index is 6.39. The van der Waals surface area contributed by atoms with Gasteiger partial charge in [-0.2, -0.15) is 10.0 Å². The Morgan fingerprint density at radius 1 is 0.518 bits per heavy atom. The van der Waals surface area contributed by atoms with E-state index in [2.05, 4.69) is 152 Å². The zero-order valence-electron chi connectivity index (χ0n) is 31.9. The van der Waals surface area contributed by atoms with Crippen molar-refractivity contribution in [3.05, 3.63) is 151 Å². The Bertz CT molecular complexity index is 2940. The van der Waals surface area contributed by atoms with E-state index in [4.69, 9.17) is 9.40 Å². The first-order valence-corrected chi connectivity index (χ1v) is 23.1. The fourth-order valence-corrected chi connectivity index (χ4v) is 16.3. The van der Waals surface area contributed by atoms with E-state index in [9.17, 15) is 0 Å². The number of nitrogens with zero attached hydrogens (tertiary/aromatic N) is 1. The van der Waals surface area contributed by atoms with Crippen LogP contribution in [-0.2, 0) is 5.41 Å². The second kappa shape index (κ2) is 11.1. The van der Waals surface area contributed by atoms with Gasteiger partial charge in [0.25, 0.3) is 0 Å². The zero-order chi connectivity index (χ0) is 36.9. The molecule has 4 saturated carbocycles. The molecule has 14 rings (SSSR count). The number of fused-ring (bicyclic) bond motifs is 10. The number of hydrogen-bond acceptors (Lipinski definition) is 2. The van der Waals surface area contributed by atoms with Crippen LogP contribution in [0.4, 0.5) is 0 Å². The Morgan fingerprint density at radius 3 is 2.00 bits per heavy atom. The van der Waals surface area contributed by atoms with Gasteiger partial charge in [0.15, 0.2) is 0 Å². The third-order valence-electron chi connectivity index (χ3n) is 14.9. The van der Waals surface area contributed by atoms with Gasteiger partial charge < -0.3 is 4.42 Å². The fraction of sp³-hybridized carbons (Fsp3) is 0.226. The lowest BCUT2D eigenvalue weighted by Gasteiger charge is -2.61. The van der Waals surface area contributed by atoms with Gasteiger partial charge >= 0.3 is 0 Å². The van der Waals surface area contributed by atoms with Crippen LogP contribution in [0.25, 0.3) is 77.8 Å². The highest BCUT2D eigenvalue weighted by atomic mass is 32.3. The third-order valence-corrected chi connectivity index (χ3v) is 17.8. The van der Waals surface area contributed by atoms with E-state index >= 15 is 0 Å². The molecule has 3 heteroatoms. The van der Waals surface area contributed by atoms with Crippen LogP contribution in [0.15, 0.2) is 154 Å². The highest BCUT2D eigenvalue weighted by Crippen LogP contribution is 2.76. The quantitative estimate of drug-likeness (QED) is 0.180. The van der Waals surface area contributed by atoms with E-state index in [-0.39, 0.29) is 5.41 Å². The van der Waals surface area contributed by atoms with Crippen molar-refractivity contribution in [3.8, 4) is 55.9 Å². The third kappa shape index (κ3) is 4.02. The molecule has 4 bridgehead atoms. The van der Waals surface area contributed by atoms with Crippen LogP contribution in [0.5, 0.6) is 0 Å². The van der Waals surface area contributed by atoms with Crippen LogP contribution in [-0.4, -0.2) is 17.5 Å². The maximum Gasteiger partial charge on any atom is 0.136 e. The van der Waals surface area contributed by atoms with Crippen molar-refractivity contribution in [1.82, 2.24) is 4.98 Å². The molecule has 0 unspecified atom stereocenters. The molecule has 272 valence electrons. The summed E-state index contributed by atoms with van der Waals surface area (Å²) in [5.74, 6) is 3.39. The first kappa shape index (κ1) is 31.8. The lowest BCUT2D eigenvalue weighted by atomic mass is 9.43. The molecule has 6 aliphatic rings. The molecule has 0 amide bonds. The second-order valence-corrected chi connectivity index (χ2v) is 21.3. The van der Waals surface area contributed by atoms with Gasteiger partial charge in [-0.05, 0) is 137 Å². The molecular weight excluding hydrogens is 699 g/mol. The standard InChI is InChI=1S/C53H43NOS/c1-56(2)51-38(39-22-23-44-50(52(39)56)40-14-6-8-19-43(40)53(44)35-25-31-24-32(27-35)28-36(53)26-31)17-10-18-41(51)46-30-34(29-45(54-46)33-12-4-3-5-13-33)37-16-11-21-48-49(37)42-15-7-9-20-47(42)55-48/h3-23,29-32,35-36H,24-28H2,1-2H3. The fourth-order valence-electron chi connectivity index (χ4n) is 13.1. The van der Waals surface area contributed by atoms with Crippen LogP contribution < -0.4 is 0 Å². The van der Waals surface area contributed by atoms with E-state index < -0.39 is 10.0 Å². The molecule has 1 spiro atoms. The van der Waals surface area contributed by atoms with E-state index in [1.807, 2.05) is 0 Å². The highest BCUT2D eigenvalue weighted by molar-refractivity contribution is 8.33. The van der Waals surface area contributed by atoms with Crippen LogP contribution in [0.3, 0.4) is 0 Å². The van der Waals surface area contributed by atoms with Crippen molar-refractivity contribution >= 4 is 32.0 Å². The lowest BCUT2D eigenvalue weighted by Crippen LogP contribution is -2.55. The van der Waals surface area contributed by atoms with Crippen LogP contribution in [0.2, 0.25) is 0 Å². The number of aromatic nitrogens is 1. The number of rotatable bonds is 3. The smallest absolute Gasteiger partial charge is 0.136 e. The summed E-state index contributed by atoms with van der Waals surface area (Å²) in [5.41, 5.74) is 18.0. The molecular formula is C53H43NOS. The molecule has 0 radical (unpaired) electrons. The van der Waals surface area contributed by atoms with Crippen LogP contribution in [0, 0.1) is 23.7 Å². The Labute approximate surface area is 330 Å². The normalized spacial score (nSPS) is 25.0. The molecule has 6 aromatic carbocycles. The van der Waals surface area contributed by atoms with Gasteiger partial charge in [0.05, 0.1) is 11.4 Å². The average Bonchev–Trinajstić information content (AvgIpc) is 3.84. The minimum absolute atomic E-state index is 0.167. The van der Waals surface area contributed by atoms with Crippen molar-refractivity contribution in [3.63, 3.8) is 0 Å². The first-order valence-electron chi connectivity index (χ1n) is 20.6. The summed E-state index contributed by atoms with van der Waals surface area (Å²) >= 11 is 0. The van der Waals surface area contributed by atoms with Crippen molar-refractivity contribution in [2.75, 3.05) is 12.5 Å². The van der Waals surface area contributed by atoms with Gasteiger partial charge in [-0.1, -0.05) is 115 Å². The van der Waals surface area contributed by atoms with Gasteiger partial charge in [0, 0.05) is 37.1 Å². The van der Waals surface area contributed by atoms with Gasteiger partial charge in [-0.15, -0.1) is 0 Å². The summed E-state index contributed by atoms with van der Waals surface area (Å²) < 4.78 is 6.39. The zero-order valence-corrected chi connectivity index (χ0v) is 32.7. The molecule has 56 heavy (non-hydrogen) atoms. The molecule has 1 aliphatic heterocycles.